The first-order valence-corrected chi connectivity index (χ1v) is 15.5. The van der Waals surface area contributed by atoms with Crippen molar-refractivity contribution in [2.24, 2.45) is 10.8 Å². The van der Waals surface area contributed by atoms with E-state index in [0.29, 0.717) is 23.1 Å². The Morgan fingerprint density at radius 2 is 1.83 bits per heavy atom. The summed E-state index contributed by atoms with van der Waals surface area (Å²) < 4.78 is 0. The number of hydrazine groups is 1. The molecular weight excluding hydrogens is 614 g/mol. The number of piperazine rings is 1. The lowest BCUT2D eigenvalue weighted by molar-refractivity contribution is -0.189. The number of benzene rings is 3. The van der Waals surface area contributed by atoms with Crippen molar-refractivity contribution in [3.8, 4) is 5.75 Å². The molecule has 6 N–H and O–H groups in total. The van der Waals surface area contributed by atoms with Crippen LogP contribution in [0.1, 0.15) is 16.7 Å². The maximum Gasteiger partial charge on any atom is 0.334 e. The molecule has 4 amide bonds. The summed E-state index contributed by atoms with van der Waals surface area (Å²) in [6.45, 7) is 4.14. The number of nitrogens with zero attached hydrogens (tertiary/aromatic N) is 5. The average molecular weight is 654 g/mol. The molecule has 14 heteroatoms. The van der Waals surface area contributed by atoms with E-state index in [9.17, 15) is 24.3 Å². The van der Waals surface area contributed by atoms with Gasteiger partial charge in [0.05, 0.1) is 24.8 Å². The van der Waals surface area contributed by atoms with Gasteiger partial charge in [0.15, 0.2) is 0 Å². The summed E-state index contributed by atoms with van der Waals surface area (Å²) in [5.74, 6) is -0.604. The number of aldehydes is 1. The van der Waals surface area contributed by atoms with Crippen molar-refractivity contribution in [2.75, 3.05) is 31.5 Å². The zero-order chi connectivity index (χ0) is 34.2. The molecule has 0 radical (unpaired) electrons. The zero-order valence-electron chi connectivity index (χ0n) is 26.4. The van der Waals surface area contributed by atoms with Gasteiger partial charge in [-0.15, -0.1) is 6.58 Å². The number of para-hydroxylation sites is 1. The van der Waals surface area contributed by atoms with E-state index in [2.05, 4.69) is 22.3 Å². The molecule has 0 bridgehead atoms. The lowest BCUT2D eigenvalue weighted by Crippen LogP contribution is -2.76. The van der Waals surface area contributed by atoms with E-state index in [1.807, 2.05) is 30.3 Å². The van der Waals surface area contributed by atoms with Crippen molar-refractivity contribution in [1.82, 2.24) is 25.1 Å². The van der Waals surface area contributed by atoms with Gasteiger partial charge in [0.2, 0.25) is 11.8 Å². The van der Waals surface area contributed by atoms with Crippen molar-refractivity contribution in [3.63, 3.8) is 0 Å². The number of hydrogen-bond donors (Lipinski definition) is 5. The van der Waals surface area contributed by atoms with Crippen LogP contribution in [0.3, 0.4) is 0 Å². The molecule has 3 aromatic rings. The number of fused-ring (bicyclic) bond motifs is 1. The van der Waals surface area contributed by atoms with E-state index in [1.54, 1.807) is 46.3 Å². The molecule has 2 aliphatic rings. The summed E-state index contributed by atoms with van der Waals surface area (Å²) >= 11 is 0. The number of rotatable bonds is 13. The number of nitrogens with one attached hydrogen (secondary N) is 3. The van der Waals surface area contributed by atoms with Gasteiger partial charge in [-0.2, -0.15) is 5.11 Å². The highest BCUT2D eigenvalue weighted by molar-refractivity contribution is 5.92. The van der Waals surface area contributed by atoms with E-state index in [-0.39, 0.29) is 68.9 Å². The van der Waals surface area contributed by atoms with Crippen LogP contribution in [0.5, 0.6) is 5.75 Å². The van der Waals surface area contributed by atoms with Crippen LogP contribution in [0.4, 0.5) is 16.2 Å². The maximum atomic E-state index is 14.3. The van der Waals surface area contributed by atoms with Gasteiger partial charge in [0, 0.05) is 38.2 Å². The third-order valence-corrected chi connectivity index (χ3v) is 8.38. The van der Waals surface area contributed by atoms with E-state index in [4.69, 9.17) is 11.3 Å². The smallest absolute Gasteiger partial charge is 0.334 e. The molecule has 5 rings (SSSR count). The number of phenols is 1. The summed E-state index contributed by atoms with van der Waals surface area (Å²) in [6, 6.07) is 18.8. The van der Waals surface area contributed by atoms with Gasteiger partial charge in [-0.25, -0.2) is 20.3 Å². The Labute approximate surface area is 278 Å². The molecule has 1 unspecified atom stereocenters. The second-order valence-corrected chi connectivity index (χ2v) is 11.6. The first-order chi connectivity index (χ1) is 23.3. The van der Waals surface area contributed by atoms with Crippen molar-refractivity contribution in [2.45, 2.75) is 37.8 Å². The van der Waals surface area contributed by atoms with E-state index in [0.717, 1.165) is 5.56 Å². The Bertz CT molecular complexity index is 1650. The molecule has 3 atom stereocenters. The minimum absolute atomic E-state index is 0.00594. The number of anilines is 1. The van der Waals surface area contributed by atoms with Crippen molar-refractivity contribution in [3.05, 3.63) is 102 Å². The van der Waals surface area contributed by atoms with Crippen molar-refractivity contribution in [1.29, 1.82) is 5.53 Å². The predicted molar refractivity (Wildman–Crippen MR) is 178 cm³/mol. The summed E-state index contributed by atoms with van der Waals surface area (Å²) in [5, 5.41) is 22.6. The average Bonchev–Trinajstić information content (AvgIpc) is 3.09. The first-order valence-electron chi connectivity index (χ1n) is 15.5. The van der Waals surface area contributed by atoms with E-state index in [1.165, 1.54) is 22.0 Å². The van der Waals surface area contributed by atoms with Crippen molar-refractivity contribution < 1.29 is 24.3 Å². The van der Waals surface area contributed by atoms with Gasteiger partial charge < -0.3 is 36.1 Å². The SMILES string of the molecule is C=CCN1CC(=O)N2[C@@H](Cc3ccc(O)cc3)C(=O)N(Cc3cccc(NC(C=O)CN)c3N=N)C[C@@H]2N1C(=O)NCc1ccccc1. The number of hydrogen-bond acceptors (Lipinski definition) is 10. The summed E-state index contributed by atoms with van der Waals surface area (Å²) in [7, 11) is 0. The van der Waals surface area contributed by atoms with Gasteiger partial charge in [0.25, 0.3) is 0 Å². The quantitative estimate of drug-likeness (QED) is 0.106. The second kappa shape index (κ2) is 15.3. The molecule has 2 aliphatic heterocycles. The van der Waals surface area contributed by atoms with Gasteiger partial charge in [-0.05, 0) is 29.3 Å². The molecule has 0 aromatic heterocycles. The molecule has 0 spiro atoms. The molecule has 250 valence electrons. The largest absolute Gasteiger partial charge is 0.508 e. The number of carbonyl (C=O) groups excluding carboxylic acids is 4. The highest BCUT2D eigenvalue weighted by atomic mass is 16.3. The van der Waals surface area contributed by atoms with Crippen LogP contribution in [-0.4, -0.2) is 93.5 Å². The van der Waals surface area contributed by atoms with Crippen LogP contribution in [0.2, 0.25) is 0 Å². The van der Waals surface area contributed by atoms with Crippen LogP contribution in [0.15, 0.2) is 90.6 Å². The minimum Gasteiger partial charge on any atom is -0.508 e. The fourth-order valence-electron chi connectivity index (χ4n) is 6.07. The van der Waals surface area contributed by atoms with Gasteiger partial charge in [0.1, 0.15) is 29.9 Å². The van der Waals surface area contributed by atoms with Crippen LogP contribution in [0, 0.1) is 5.53 Å². The van der Waals surface area contributed by atoms with Gasteiger partial charge >= 0.3 is 6.03 Å². The summed E-state index contributed by atoms with van der Waals surface area (Å²) in [5.41, 5.74) is 16.4. The van der Waals surface area contributed by atoms with Crippen LogP contribution < -0.4 is 16.4 Å². The van der Waals surface area contributed by atoms with Gasteiger partial charge in [-0.1, -0.05) is 60.7 Å². The topological polar surface area (TPSA) is 188 Å². The Morgan fingerprint density at radius 3 is 2.50 bits per heavy atom. The van der Waals surface area contributed by atoms with Crippen molar-refractivity contribution >= 4 is 35.5 Å². The Hall–Kier alpha value is -5.60. The zero-order valence-corrected chi connectivity index (χ0v) is 26.4. The molecular formula is C34H39N9O5. The monoisotopic (exact) mass is 653 g/mol. The maximum absolute atomic E-state index is 14.3. The molecule has 0 saturated carbocycles. The molecule has 2 heterocycles. The lowest BCUT2D eigenvalue weighted by Gasteiger charge is -2.55. The summed E-state index contributed by atoms with van der Waals surface area (Å²) in [6.07, 6.45) is 1.53. The first kappa shape index (κ1) is 33.8. The number of phenolic OH excluding ortho intramolecular Hbond substituents is 1. The number of amides is 4. The number of carbonyl (C=O) groups is 4. The Morgan fingerprint density at radius 1 is 1.08 bits per heavy atom. The molecule has 2 saturated heterocycles. The molecule has 3 aromatic carbocycles. The summed E-state index contributed by atoms with van der Waals surface area (Å²) in [4.78, 5) is 56.6. The Balaban J connectivity index is 1.52. The fourth-order valence-corrected chi connectivity index (χ4v) is 6.07. The predicted octanol–water partition coefficient (Wildman–Crippen LogP) is 2.73. The number of nitrogens with two attached hydrogens (primary N) is 1. The highest BCUT2D eigenvalue weighted by Crippen LogP contribution is 2.34. The van der Waals surface area contributed by atoms with Gasteiger partial charge in [-0.3, -0.25) is 9.59 Å². The normalized spacial score (nSPS) is 18.6. The molecule has 0 aliphatic carbocycles. The third-order valence-electron chi connectivity index (χ3n) is 8.38. The second-order valence-electron chi connectivity index (χ2n) is 11.6. The molecule has 14 nitrogen and oxygen atoms in total. The van der Waals surface area contributed by atoms with E-state index < -0.39 is 24.3 Å². The minimum atomic E-state index is -0.981. The van der Waals surface area contributed by atoms with E-state index >= 15 is 0 Å². The lowest BCUT2D eigenvalue weighted by atomic mass is 9.98. The third kappa shape index (κ3) is 7.35. The Kier molecular flexibility index (Phi) is 10.8. The van der Waals surface area contributed by atoms with Crippen LogP contribution in [0.25, 0.3) is 0 Å². The molecule has 48 heavy (non-hydrogen) atoms. The highest BCUT2D eigenvalue weighted by Gasteiger charge is 2.51. The fraction of sp³-hybridized carbons (Fsp3) is 0.294. The number of urea groups is 1. The van der Waals surface area contributed by atoms with Crippen LogP contribution in [-0.2, 0) is 33.9 Å². The standard InChI is InChI=1S/C34H39N9O5/c1-2-15-41-21-31(46)42-29(16-23-11-13-27(45)14-12-23)33(47)40(19-25-9-6-10-28(32(25)39-36)38-26(17-35)22-44)20-30(42)43(41)34(48)37-18-24-7-4-3-5-8-24/h2-14,22,26,29-30,36,38,45H,1,15-21,35H2,(H,37,48)/t26?,29-,30-/m0/s1. The number of aromatic hydroxyl groups is 1. The molecule has 2 fully saturated rings. The van der Waals surface area contributed by atoms with Crippen LogP contribution >= 0.6 is 0 Å².